The van der Waals surface area contributed by atoms with Gasteiger partial charge in [-0.15, -0.1) is 0 Å². The summed E-state index contributed by atoms with van der Waals surface area (Å²) < 4.78 is 11.3. The second-order valence-corrected chi connectivity index (χ2v) is 4.87. The van der Waals surface area contributed by atoms with Gasteiger partial charge in [0.1, 0.15) is 23.7 Å². The fourth-order valence-corrected chi connectivity index (χ4v) is 2.09. The Bertz CT molecular complexity index is 784. The van der Waals surface area contributed by atoms with Gasteiger partial charge in [0.05, 0.1) is 5.56 Å². The van der Waals surface area contributed by atoms with Gasteiger partial charge in [0.25, 0.3) is 0 Å². The number of carboxylic acids is 1. The molecule has 0 aliphatic rings. The Morgan fingerprint density at radius 3 is 2.62 bits per heavy atom. The number of hydrogen-bond acceptors (Lipinski definition) is 3. The average Bonchev–Trinajstić information content (AvgIpc) is 2.88. The molecule has 0 aliphatic carbocycles. The largest absolute Gasteiger partial charge is 0.486 e. The molecule has 0 saturated carbocycles. The Balaban J connectivity index is 1.78. The van der Waals surface area contributed by atoms with Crippen LogP contribution in [0.1, 0.15) is 21.7 Å². The number of rotatable bonds is 4. The summed E-state index contributed by atoms with van der Waals surface area (Å²) >= 11 is 0. The van der Waals surface area contributed by atoms with E-state index < -0.39 is 5.97 Å². The highest BCUT2D eigenvalue weighted by molar-refractivity contribution is 5.93. The fraction of sp³-hybridized carbons (Fsp3) is 0.118. The predicted molar refractivity (Wildman–Crippen MR) is 78.7 cm³/mol. The third kappa shape index (κ3) is 2.89. The Kier molecular flexibility index (Phi) is 3.36. The molecule has 0 aliphatic heterocycles. The molecule has 1 N–H and O–H groups in total. The highest BCUT2D eigenvalue weighted by Crippen LogP contribution is 2.22. The maximum atomic E-state index is 10.9. The maximum Gasteiger partial charge on any atom is 0.335 e. The van der Waals surface area contributed by atoms with Crippen molar-refractivity contribution in [2.75, 3.05) is 0 Å². The van der Waals surface area contributed by atoms with Crippen LogP contribution < -0.4 is 4.74 Å². The summed E-state index contributed by atoms with van der Waals surface area (Å²) in [5.74, 6) is 0.482. The van der Waals surface area contributed by atoms with Crippen molar-refractivity contribution in [3.05, 3.63) is 65.4 Å². The standard InChI is InChI=1S/C17H14O4/c1-11-2-5-14(6-3-11)20-10-15-9-13-8-12(17(18)19)4-7-16(13)21-15/h2-9H,10H2,1H3,(H,18,19). The lowest BCUT2D eigenvalue weighted by Crippen LogP contribution is -1.94. The third-order valence-corrected chi connectivity index (χ3v) is 3.22. The van der Waals surface area contributed by atoms with Crippen LogP contribution in [0.3, 0.4) is 0 Å². The van der Waals surface area contributed by atoms with Crippen LogP contribution in [0.5, 0.6) is 5.75 Å². The molecule has 0 radical (unpaired) electrons. The molecule has 3 rings (SSSR count). The molecule has 0 unspecified atom stereocenters. The Morgan fingerprint density at radius 1 is 1.14 bits per heavy atom. The molecule has 2 aromatic carbocycles. The van der Waals surface area contributed by atoms with E-state index in [4.69, 9.17) is 14.3 Å². The summed E-state index contributed by atoms with van der Waals surface area (Å²) in [4.78, 5) is 10.9. The molecule has 1 heterocycles. The van der Waals surface area contributed by atoms with Gasteiger partial charge in [-0.3, -0.25) is 0 Å². The first-order valence-corrected chi connectivity index (χ1v) is 6.57. The van der Waals surface area contributed by atoms with Gasteiger partial charge >= 0.3 is 5.97 Å². The summed E-state index contributed by atoms with van der Waals surface area (Å²) in [5.41, 5.74) is 2.07. The summed E-state index contributed by atoms with van der Waals surface area (Å²) in [6.45, 7) is 2.32. The van der Waals surface area contributed by atoms with E-state index in [9.17, 15) is 4.79 Å². The van der Waals surface area contributed by atoms with E-state index in [0.717, 1.165) is 11.1 Å². The molecule has 0 bridgehead atoms. The minimum Gasteiger partial charge on any atom is -0.486 e. The summed E-state index contributed by atoms with van der Waals surface area (Å²) in [5, 5.41) is 9.73. The molecule has 0 fully saturated rings. The van der Waals surface area contributed by atoms with Crippen molar-refractivity contribution in [2.24, 2.45) is 0 Å². The smallest absolute Gasteiger partial charge is 0.335 e. The molecular weight excluding hydrogens is 268 g/mol. The number of aromatic carboxylic acids is 1. The lowest BCUT2D eigenvalue weighted by molar-refractivity contribution is 0.0697. The van der Waals surface area contributed by atoms with E-state index in [2.05, 4.69) is 0 Å². The molecule has 4 nitrogen and oxygen atoms in total. The van der Waals surface area contributed by atoms with E-state index in [1.54, 1.807) is 18.2 Å². The van der Waals surface area contributed by atoms with Crippen LogP contribution in [0, 0.1) is 6.92 Å². The molecular formula is C17H14O4. The lowest BCUT2D eigenvalue weighted by atomic mass is 10.1. The van der Waals surface area contributed by atoms with Gasteiger partial charge < -0.3 is 14.3 Å². The molecule has 21 heavy (non-hydrogen) atoms. The molecule has 106 valence electrons. The molecule has 0 spiro atoms. The maximum absolute atomic E-state index is 10.9. The zero-order chi connectivity index (χ0) is 14.8. The normalized spacial score (nSPS) is 10.7. The molecule has 0 amide bonds. The number of hydrogen-bond donors (Lipinski definition) is 1. The topological polar surface area (TPSA) is 59.7 Å². The highest BCUT2D eigenvalue weighted by atomic mass is 16.5. The predicted octanol–water partition coefficient (Wildman–Crippen LogP) is 4.02. The number of aryl methyl sites for hydroxylation is 1. The van der Waals surface area contributed by atoms with Gasteiger partial charge in [-0.05, 0) is 43.3 Å². The summed E-state index contributed by atoms with van der Waals surface area (Å²) in [6.07, 6.45) is 0. The minimum atomic E-state index is -0.949. The van der Waals surface area contributed by atoms with Gasteiger partial charge in [0.2, 0.25) is 0 Å². The van der Waals surface area contributed by atoms with Crippen LogP contribution in [0.15, 0.2) is 52.9 Å². The molecule has 3 aromatic rings. The van der Waals surface area contributed by atoms with Crippen molar-refractivity contribution in [2.45, 2.75) is 13.5 Å². The van der Waals surface area contributed by atoms with Crippen LogP contribution in [0.25, 0.3) is 11.0 Å². The highest BCUT2D eigenvalue weighted by Gasteiger charge is 2.08. The zero-order valence-corrected chi connectivity index (χ0v) is 11.5. The van der Waals surface area contributed by atoms with Gasteiger partial charge in [-0.1, -0.05) is 17.7 Å². The SMILES string of the molecule is Cc1ccc(OCc2cc3cc(C(=O)O)ccc3o2)cc1. The first kappa shape index (κ1) is 13.2. The van der Waals surface area contributed by atoms with Crippen LogP contribution in [0.4, 0.5) is 0 Å². The van der Waals surface area contributed by atoms with Crippen molar-refractivity contribution >= 4 is 16.9 Å². The number of fused-ring (bicyclic) bond motifs is 1. The molecule has 1 aromatic heterocycles. The first-order valence-electron chi connectivity index (χ1n) is 6.57. The van der Waals surface area contributed by atoms with Crippen molar-refractivity contribution in [1.29, 1.82) is 0 Å². The van der Waals surface area contributed by atoms with Crippen molar-refractivity contribution < 1.29 is 19.1 Å². The van der Waals surface area contributed by atoms with Gasteiger partial charge in [-0.2, -0.15) is 0 Å². The second-order valence-electron chi connectivity index (χ2n) is 4.87. The third-order valence-electron chi connectivity index (χ3n) is 3.22. The van der Waals surface area contributed by atoms with Gasteiger partial charge in [0, 0.05) is 5.39 Å². The quantitative estimate of drug-likeness (QED) is 0.785. The number of carbonyl (C=O) groups is 1. The zero-order valence-electron chi connectivity index (χ0n) is 11.5. The van der Waals surface area contributed by atoms with Crippen molar-refractivity contribution in [3.8, 4) is 5.75 Å². The van der Waals surface area contributed by atoms with E-state index in [1.165, 1.54) is 11.6 Å². The van der Waals surface area contributed by atoms with Crippen LogP contribution >= 0.6 is 0 Å². The molecule has 0 saturated heterocycles. The van der Waals surface area contributed by atoms with E-state index in [0.29, 0.717) is 18.0 Å². The number of benzene rings is 2. The first-order chi connectivity index (χ1) is 10.1. The molecule has 0 atom stereocenters. The summed E-state index contributed by atoms with van der Waals surface area (Å²) in [7, 11) is 0. The van der Waals surface area contributed by atoms with E-state index in [-0.39, 0.29) is 5.56 Å². The fourth-order valence-electron chi connectivity index (χ4n) is 2.09. The van der Waals surface area contributed by atoms with Gasteiger partial charge in [-0.25, -0.2) is 4.79 Å². The number of ether oxygens (including phenoxy) is 1. The lowest BCUT2D eigenvalue weighted by Gasteiger charge is -2.03. The minimum absolute atomic E-state index is 0.245. The second kappa shape index (κ2) is 5.32. The van der Waals surface area contributed by atoms with Gasteiger partial charge in [0.15, 0.2) is 0 Å². The van der Waals surface area contributed by atoms with Crippen LogP contribution in [-0.4, -0.2) is 11.1 Å². The van der Waals surface area contributed by atoms with E-state index in [1.807, 2.05) is 31.2 Å². The Hall–Kier alpha value is -2.75. The van der Waals surface area contributed by atoms with Crippen molar-refractivity contribution in [3.63, 3.8) is 0 Å². The number of carboxylic acid groups (broad SMARTS) is 1. The van der Waals surface area contributed by atoms with Crippen LogP contribution in [-0.2, 0) is 6.61 Å². The van der Waals surface area contributed by atoms with Crippen molar-refractivity contribution in [1.82, 2.24) is 0 Å². The van der Waals surface area contributed by atoms with E-state index >= 15 is 0 Å². The monoisotopic (exact) mass is 282 g/mol. The summed E-state index contributed by atoms with van der Waals surface area (Å²) in [6, 6.07) is 14.3. The molecule has 4 heteroatoms. The average molecular weight is 282 g/mol. The Labute approximate surface area is 121 Å². The van der Waals surface area contributed by atoms with Crippen LogP contribution in [0.2, 0.25) is 0 Å². The number of furan rings is 1. The Morgan fingerprint density at radius 2 is 1.90 bits per heavy atom.